The van der Waals surface area contributed by atoms with Gasteiger partial charge in [0.2, 0.25) is 5.78 Å². The highest BCUT2D eigenvalue weighted by Crippen LogP contribution is 2.09. The molecule has 64 valence electrons. The lowest BCUT2D eigenvalue weighted by molar-refractivity contribution is -0.137. The summed E-state index contributed by atoms with van der Waals surface area (Å²) in [7, 11) is 1.45. The number of carbonyl (C=O) groups excluding carboxylic acids is 2. The molecule has 1 rings (SSSR count). The van der Waals surface area contributed by atoms with Crippen molar-refractivity contribution in [1.82, 2.24) is 5.32 Å². The highest BCUT2D eigenvalue weighted by atomic mass is 32.1. The molecule has 0 bridgehead atoms. The predicted molar refractivity (Wildman–Crippen MR) is 47.1 cm³/mol. The normalized spacial score (nSPS) is 9.42. The number of nitrogens with one attached hydrogen (secondary N) is 1. The molecule has 0 fully saturated rings. The van der Waals surface area contributed by atoms with Crippen molar-refractivity contribution in [2.24, 2.45) is 0 Å². The molecule has 0 aliphatic carbocycles. The summed E-state index contributed by atoms with van der Waals surface area (Å²) < 4.78 is 0. The van der Waals surface area contributed by atoms with Crippen LogP contribution in [0.1, 0.15) is 4.88 Å². The van der Waals surface area contributed by atoms with Crippen LogP contribution < -0.4 is 5.32 Å². The van der Waals surface area contributed by atoms with Gasteiger partial charge >= 0.3 is 0 Å². The summed E-state index contributed by atoms with van der Waals surface area (Å²) in [5.74, 6) is -0.914. The smallest absolute Gasteiger partial charge is 0.287 e. The lowest BCUT2D eigenvalue weighted by Crippen LogP contribution is -2.28. The molecule has 4 heteroatoms. The largest absolute Gasteiger partial charge is 0.353 e. The van der Waals surface area contributed by atoms with E-state index in [1.807, 2.05) is 17.5 Å². The van der Waals surface area contributed by atoms with E-state index < -0.39 is 5.91 Å². The molecule has 0 atom stereocenters. The Morgan fingerprint density at radius 2 is 2.33 bits per heavy atom. The van der Waals surface area contributed by atoms with Gasteiger partial charge in [0.05, 0.1) is 6.42 Å². The van der Waals surface area contributed by atoms with E-state index in [0.717, 1.165) is 4.88 Å². The lowest BCUT2D eigenvalue weighted by atomic mass is 10.2. The number of ketones is 1. The molecule has 0 saturated heterocycles. The maximum absolute atomic E-state index is 11.0. The van der Waals surface area contributed by atoms with Gasteiger partial charge < -0.3 is 5.32 Å². The SMILES string of the molecule is CNC(=O)C(=O)Cc1cccs1. The predicted octanol–water partition coefficient (Wildman–Crippen LogP) is 0.606. The van der Waals surface area contributed by atoms with Gasteiger partial charge in [0, 0.05) is 11.9 Å². The summed E-state index contributed by atoms with van der Waals surface area (Å²) in [5.41, 5.74) is 0. The molecule has 0 saturated carbocycles. The van der Waals surface area contributed by atoms with Crippen molar-refractivity contribution in [2.45, 2.75) is 6.42 Å². The minimum absolute atomic E-state index is 0.206. The van der Waals surface area contributed by atoms with Gasteiger partial charge in [0.25, 0.3) is 5.91 Å². The van der Waals surface area contributed by atoms with Crippen LogP contribution in [0.4, 0.5) is 0 Å². The molecular weight excluding hydrogens is 174 g/mol. The van der Waals surface area contributed by atoms with Gasteiger partial charge in [-0.15, -0.1) is 11.3 Å². The van der Waals surface area contributed by atoms with Crippen LogP contribution >= 0.6 is 11.3 Å². The maximum atomic E-state index is 11.0. The van der Waals surface area contributed by atoms with Crippen LogP contribution in [0.15, 0.2) is 17.5 Å². The summed E-state index contributed by atoms with van der Waals surface area (Å²) in [5, 5.41) is 4.17. The number of hydrogen-bond donors (Lipinski definition) is 1. The average Bonchev–Trinajstić information content (AvgIpc) is 2.55. The molecule has 1 heterocycles. The highest BCUT2D eigenvalue weighted by Gasteiger charge is 2.11. The molecule has 0 aromatic carbocycles. The van der Waals surface area contributed by atoms with E-state index in [-0.39, 0.29) is 12.2 Å². The Labute approximate surface area is 74.4 Å². The van der Waals surface area contributed by atoms with E-state index >= 15 is 0 Å². The second kappa shape index (κ2) is 4.01. The fourth-order valence-corrected chi connectivity index (χ4v) is 1.49. The zero-order valence-corrected chi connectivity index (χ0v) is 7.48. The van der Waals surface area contributed by atoms with E-state index in [1.165, 1.54) is 18.4 Å². The van der Waals surface area contributed by atoms with E-state index in [0.29, 0.717) is 0 Å². The third-order valence-corrected chi connectivity index (χ3v) is 2.27. The maximum Gasteiger partial charge on any atom is 0.287 e. The van der Waals surface area contributed by atoms with Crippen molar-refractivity contribution in [3.63, 3.8) is 0 Å². The van der Waals surface area contributed by atoms with Crippen molar-refractivity contribution >= 4 is 23.0 Å². The number of hydrogen-bond acceptors (Lipinski definition) is 3. The standard InChI is InChI=1S/C8H9NO2S/c1-9-8(11)7(10)5-6-3-2-4-12-6/h2-4H,5H2,1H3,(H,9,11). The molecule has 0 aliphatic rings. The second-order valence-corrected chi connectivity index (χ2v) is 3.29. The van der Waals surface area contributed by atoms with Gasteiger partial charge in [-0.2, -0.15) is 0 Å². The van der Waals surface area contributed by atoms with Crippen LogP contribution in [-0.2, 0) is 16.0 Å². The Kier molecular flexibility index (Phi) is 2.99. The summed E-state index contributed by atoms with van der Waals surface area (Å²) in [6, 6.07) is 3.70. The molecule has 3 nitrogen and oxygen atoms in total. The molecule has 0 unspecified atom stereocenters. The fraction of sp³-hybridized carbons (Fsp3) is 0.250. The monoisotopic (exact) mass is 183 g/mol. The first-order chi connectivity index (χ1) is 5.74. The Morgan fingerprint density at radius 3 is 2.83 bits per heavy atom. The van der Waals surface area contributed by atoms with Gasteiger partial charge in [-0.1, -0.05) is 6.07 Å². The summed E-state index contributed by atoms with van der Waals surface area (Å²) in [4.78, 5) is 22.7. The van der Waals surface area contributed by atoms with Crippen LogP contribution in [0.2, 0.25) is 0 Å². The van der Waals surface area contributed by atoms with Crippen LogP contribution in [0.25, 0.3) is 0 Å². The fourth-order valence-electron chi connectivity index (χ4n) is 0.791. The highest BCUT2D eigenvalue weighted by molar-refractivity contribution is 7.10. The van der Waals surface area contributed by atoms with Crippen molar-refractivity contribution in [2.75, 3.05) is 7.05 Å². The third kappa shape index (κ3) is 2.17. The van der Waals surface area contributed by atoms with E-state index in [2.05, 4.69) is 5.32 Å². The van der Waals surface area contributed by atoms with Crippen molar-refractivity contribution in [3.05, 3.63) is 22.4 Å². The number of carbonyl (C=O) groups is 2. The number of Topliss-reactive ketones (excluding diaryl/α,β-unsaturated/α-hetero) is 1. The van der Waals surface area contributed by atoms with Crippen molar-refractivity contribution in [1.29, 1.82) is 0 Å². The van der Waals surface area contributed by atoms with Gasteiger partial charge in [0.15, 0.2) is 0 Å². The molecule has 0 radical (unpaired) electrons. The third-order valence-electron chi connectivity index (χ3n) is 1.40. The topological polar surface area (TPSA) is 46.2 Å². The quantitative estimate of drug-likeness (QED) is 0.698. The molecule has 1 aromatic heterocycles. The van der Waals surface area contributed by atoms with E-state index in [9.17, 15) is 9.59 Å². The zero-order valence-electron chi connectivity index (χ0n) is 6.66. The van der Waals surface area contributed by atoms with Gasteiger partial charge in [-0.3, -0.25) is 9.59 Å². The molecule has 1 amide bonds. The summed E-state index contributed by atoms with van der Waals surface area (Å²) >= 11 is 1.48. The molecule has 0 aliphatic heterocycles. The first-order valence-electron chi connectivity index (χ1n) is 3.51. The Hall–Kier alpha value is -1.16. The average molecular weight is 183 g/mol. The van der Waals surface area contributed by atoms with Gasteiger partial charge in [0.1, 0.15) is 0 Å². The number of likely N-dealkylation sites (N-methyl/N-ethyl adjacent to an activating group) is 1. The molecular formula is C8H9NO2S. The second-order valence-electron chi connectivity index (χ2n) is 2.26. The van der Waals surface area contributed by atoms with Crippen LogP contribution in [0.3, 0.4) is 0 Å². The zero-order chi connectivity index (χ0) is 8.97. The van der Waals surface area contributed by atoms with E-state index in [4.69, 9.17) is 0 Å². The number of rotatable bonds is 3. The van der Waals surface area contributed by atoms with Crippen molar-refractivity contribution < 1.29 is 9.59 Å². The number of thiophene rings is 1. The molecule has 1 N–H and O–H groups in total. The number of amides is 1. The molecule has 12 heavy (non-hydrogen) atoms. The van der Waals surface area contributed by atoms with E-state index in [1.54, 1.807) is 0 Å². The first kappa shape index (κ1) is 8.93. The Morgan fingerprint density at radius 1 is 1.58 bits per heavy atom. The minimum Gasteiger partial charge on any atom is -0.353 e. The summed E-state index contributed by atoms with van der Waals surface area (Å²) in [6.07, 6.45) is 0.206. The molecule has 0 spiro atoms. The summed E-state index contributed by atoms with van der Waals surface area (Å²) in [6.45, 7) is 0. The van der Waals surface area contributed by atoms with Crippen LogP contribution in [-0.4, -0.2) is 18.7 Å². The minimum atomic E-state index is -0.525. The van der Waals surface area contributed by atoms with Crippen LogP contribution in [0, 0.1) is 0 Å². The van der Waals surface area contributed by atoms with Crippen molar-refractivity contribution in [3.8, 4) is 0 Å². The lowest BCUT2D eigenvalue weighted by Gasteiger charge is -1.95. The van der Waals surface area contributed by atoms with Crippen LogP contribution in [0.5, 0.6) is 0 Å². The Bertz CT molecular complexity index is 279. The first-order valence-corrected chi connectivity index (χ1v) is 4.39. The van der Waals surface area contributed by atoms with Gasteiger partial charge in [-0.25, -0.2) is 0 Å². The molecule has 1 aromatic rings. The Balaban J connectivity index is 2.53. The van der Waals surface area contributed by atoms with Gasteiger partial charge in [-0.05, 0) is 11.4 Å².